The van der Waals surface area contributed by atoms with Crippen molar-refractivity contribution in [3.8, 4) is 0 Å². The summed E-state index contributed by atoms with van der Waals surface area (Å²) in [6.45, 7) is 2.86. The second kappa shape index (κ2) is 5.83. The molecule has 81 valence electrons. The molecular formula is C14H13BrN. The molecule has 1 nitrogen and oxygen atoms in total. The number of hydrogen-bond acceptors (Lipinski definition) is 1. The smallest absolute Gasteiger partial charge is 0.0521 e. The average Bonchev–Trinajstić information content (AvgIpc) is 2.33. The van der Waals surface area contributed by atoms with E-state index in [2.05, 4.69) is 45.5 Å². The quantitative estimate of drug-likeness (QED) is 0.896. The predicted molar refractivity (Wildman–Crippen MR) is 70.8 cm³/mol. The van der Waals surface area contributed by atoms with E-state index in [0.29, 0.717) is 0 Å². The number of benzene rings is 2. The molecule has 0 aliphatic carbocycles. The maximum Gasteiger partial charge on any atom is 0.0521 e. The third-order valence-corrected chi connectivity index (χ3v) is 3.09. The maximum atomic E-state index is 3.53. The Balaban J connectivity index is 1.87. The van der Waals surface area contributed by atoms with Gasteiger partial charge in [-0.3, -0.25) is 0 Å². The van der Waals surface area contributed by atoms with E-state index in [1.165, 1.54) is 11.1 Å². The molecule has 0 spiro atoms. The van der Waals surface area contributed by atoms with Crippen molar-refractivity contribution in [2.75, 3.05) is 0 Å². The molecule has 0 aliphatic rings. The van der Waals surface area contributed by atoms with Crippen LogP contribution >= 0.6 is 15.9 Å². The summed E-state index contributed by atoms with van der Waals surface area (Å²) in [6.07, 6.45) is 0. The number of hydrogen-bond donors (Lipinski definition) is 1. The first kappa shape index (κ1) is 11.4. The van der Waals surface area contributed by atoms with Gasteiger partial charge in [-0.05, 0) is 17.2 Å². The minimum Gasteiger partial charge on any atom is -0.304 e. The lowest BCUT2D eigenvalue weighted by Gasteiger charge is -2.06. The monoisotopic (exact) mass is 274 g/mol. The van der Waals surface area contributed by atoms with Gasteiger partial charge in [-0.1, -0.05) is 64.5 Å². The fourth-order valence-electron chi connectivity index (χ4n) is 1.47. The summed E-state index contributed by atoms with van der Waals surface area (Å²) >= 11 is 3.53. The lowest BCUT2D eigenvalue weighted by molar-refractivity contribution is 0.816. The standard InChI is InChI=1S/C14H13BrN/c15-14-9-5-4-8-13(14)11-16-10-12-6-2-1-3-7-12/h1-10,16H,11H2. The van der Waals surface area contributed by atoms with E-state index in [-0.39, 0.29) is 0 Å². The zero-order valence-electron chi connectivity index (χ0n) is 8.86. The Labute approximate surface area is 105 Å². The minimum absolute atomic E-state index is 0.830. The van der Waals surface area contributed by atoms with Crippen LogP contribution in [0.25, 0.3) is 0 Å². The summed E-state index contributed by atoms with van der Waals surface area (Å²) in [5.41, 5.74) is 2.45. The fraction of sp³-hybridized carbons (Fsp3) is 0.0714. The van der Waals surface area contributed by atoms with Crippen LogP contribution < -0.4 is 5.32 Å². The third-order valence-electron chi connectivity index (χ3n) is 2.32. The van der Waals surface area contributed by atoms with Crippen molar-refractivity contribution in [3.63, 3.8) is 0 Å². The molecule has 2 heteroatoms. The van der Waals surface area contributed by atoms with Crippen LogP contribution in [0.15, 0.2) is 59.1 Å². The van der Waals surface area contributed by atoms with Gasteiger partial charge in [0, 0.05) is 11.0 Å². The molecule has 2 aromatic carbocycles. The number of rotatable bonds is 4. The van der Waals surface area contributed by atoms with Crippen molar-refractivity contribution in [2.24, 2.45) is 0 Å². The molecule has 0 saturated heterocycles. The Hall–Kier alpha value is -1.12. The molecule has 1 radical (unpaired) electrons. The van der Waals surface area contributed by atoms with Gasteiger partial charge < -0.3 is 5.32 Å². The van der Waals surface area contributed by atoms with Crippen molar-refractivity contribution in [1.29, 1.82) is 0 Å². The molecule has 0 aromatic heterocycles. The normalized spacial score (nSPS) is 10.3. The summed E-state index contributed by atoms with van der Waals surface area (Å²) in [4.78, 5) is 0. The first-order valence-electron chi connectivity index (χ1n) is 5.21. The van der Waals surface area contributed by atoms with Gasteiger partial charge in [0.15, 0.2) is 0 Å². The fourth-order valence-corrected chi connectivity index (χ4v) is 1.89. The predicted octanol–water partition coefficient (Wildman–Crippen LogP) is 3.75. The average molecular weight is 275 g/mol. The largest absolute Gasteiger partial charge is 0.304 e. The van der Waals surface area contributed by atoms with E-state index >= 15 is 0 Å². The zero-order chi connectivity index (χ0) is 11.2. The molecule has 0 heterocycles. The van der Waals surface area contributed by atoms with Crippen molar-refractivity contribution < 1.29 is 0 Å². The van der Waals surface area contributed by atoms with Crippen LogP contribution in [0.1, 0.15) is 11.1 Å². The lowest BCUT2D eigenvalue weighted by atomic mass is 10.2. The van der Waals surface area contributed by atoms with Crippen LogP contribution in [0.2, 0.25) is 0 Å². The summed E-state index contributed by atoms with van der Waals surface area (Å²) in [5, 5.41) is 3.30. The molecule has 0 bridgehead atoms. The Bertz CT molecular complexity index is 439. The van der Waals surface area contributed by atoms with Crippen LogP contribution in [-0.2, 0) is 6.54 Å². The molecule has 2 rings (SSSR count). The van der Waals surface area contributed by atoms with Crippen molar-refractivity contribution in [2.45, 2.75) is 6.54 Å². The van der Waals surface area contributed by atoms with Gasteiger partial charge in [-0.15, -0.1) is 0 Å². The Kier molecular flexibility index (Phi) is 4.14. The molecule has 0 amide bonds. The van der Waals surface area contributed by atoms with Crippen molar-refractivity contribution >= 4 is 15.9 Å². The molecular weight excluding hydrogens is 262 g/mol. The van der Waals surface area contributed by atoms with E-state index in [0.717, 1.165) is 11.0 Å². The molecule has 0 fully saturated rings. The van der Waals surface area contributed by atoms with E-state index in [4.69, 9.17) is 0 Å². The van der Waals surface area contributed by atoms with Crippen LogP contribution in [-0.4, -0.2) is 0 Å². The zero-order valence-corrected chi connectivity index (χ0v) is 10.4. The SMILES string of the molecule is Brc1ccccc1CN[CH]c1ccccc1. The highest BCUT2D eigenvalue weighted by Gasteiger charge is 1.97. The van der Waals surface area contributed by atoms with Gasteiger partial charge in [0.05, 0.1) is 6.54 Å². The third kappa shape index (κ3) is 3.19. The first-order valence-corrected chi connectivity index (χ1v) is 6.00. The summed E-state index contributed by atoms with van der Waals surface area (Å²) in [5.74, 6) is 0. The van der Waals surface area contributed by atoms with Gasteiger partial charge in [-0.2, -0.15) is 0 Å². The molecule has 16 heavy (non-hydrogen) atoms. The topological polar surface area (TPSA) is 12.0 Å². The summed E-state index contributed by atoms with van der Waals surface area (Å²) in [7, 11) is 0. The van der Waals surface area contributed by atoms with Gasteiger partial charge in [0.2, 0.25) is 0 Å². The minimum atomic E-state index is 0.830. The second-order valence-corrected chi connectivity index (χ2v) is 4.38. The van der Waals surface area contributed by atoms with Crippen molar-refractivity contribution in [3.05, 3.63) is 76.7 Å². The van der Waals surface area contributed by atoms with Crippen molar-refractivity contribution in [1.82, 2.24) is 5.32 Å². The van der Waals surface area contributed by atoms with Gasteiger partial charge in [-0.25, -0.2) is 0 Å². The highest BCUT2D eigenvalue weighted by atomic mass is 79.9. The lowest BCUT2D eigenvalue weighted by Crippen LogP contribution is -2.10. The van der Waals surface area contributed by atoms with Crippen LogP contribution in [0.4, 0.5) is 0 Å². The van der Waals surface area contributed by atoms with E-state index < -0.39 is 0 Å². The van der Waals surface area contributed by atoms with Crippen LogP contribution in [0, 0.1) is 6.54 Å². The van der Waals surface area contributed by atoms with Crippen LogP contribution in [0.3, 0.4) is 0 Å². The maximum absolute atomic E-state index is 3.53. The van der Waals surface area contributed by atoms with E-state index in [1.807, 2.05) is 36.9 Å². The van der Waals surface area contributed by atoms with Crippen LogP contribution in [0.5, 0.6) is 0 Å². The number of nitrogens with one attached hydrogen (secondary N) is 1. The summed E-state index contributed by atoms with van der Waals surface area (Å²) < 4.78 is 1.14. The van der Waals surface area contributed by atoms with Gasteiger partial charge in [0.25, 0.3) is 0 Å². The number of halogens is 1. The van der Waals surface area contributed by atoms with Gasteiger partial charge >= 0.3 is 0 Å². The Morgan fingerprint density at radius 2 is 1.62 bits per heavy atom. The first-order chi connectivity index (χ1) is 7.86. The molecule has 0 aliphatic heterocycles. The summed E-state index contributed by atoms with van der Waals surface area (Å²) in [6, 6.07) is 18.5. The Morgan fingerprint density at radius 3 is 2.38 bits per heavy atom. The molecule has 0 saturated carbocycles. The molecule has 0 unspecified atom stereocenters. The highest BCUT2D eigenvalue weighted by molar-refractivity contribution is 9.10. The van der Waals surface area contributed by atoms with E-state index in [1.54, 1.807) is 0 Å². The Morgan fingerprint density at radius 1 is 0.938 bits per heavy atom. The second-order valence-electron chi connectivity index (χ2n) is 3.53. The molecule has 1 N–H and O–H groups in total. The molecule has 0 atom stereocenters. The van der Waals surface area contributed by atoms with Gasteiger partial charge in [0.1, 0.15) is 0 Å². The highest BCUT2D eigenvalue weighted by Crippen LogP contribution is 2.15. The molecule has 2 aromatic rings. The van der Waals surface area contributed by atoms with E-state index in [9.17, 15) is 0 Å².